The number of piperidine rings is 1. The first kappa shape index (κ1) is 26.1. The molecule has 0 radical (unpaired) electrons. The molecule has 0 bridgehead atoms. The molecule has 2 aliphatic rings. The van der Waals surface area contributed by atoms with Crippen LogP contribution >= 0.6 is 0 Å². The lowest BCUT2D eigenvalue weighted by atomic mass is 9.98. The highest BCUT2D eigenvalue weighted by atomic mass is 16.5. The SMILES string of the molecule is C[C@H]1CC(=O)N(c2ccccc2C(=O)OC[C@H]2CCCN(CCCCCCc3ccccc3)C2)C1=O. The molecule has 0 aromatic heterocycles. The fraction of sp³-hybridized carbons (Fsp3) is 0.500. The average Bonchev–Trinajstić information content (AvgIpc) is 3.16. The summed E-state index contributed by atoms with van der Waals surface area (Å²) >= 11 is 0. The third-order valence-corrected chi connectivity index (χ3v) is 7.32. The highest BCUT2D eigenvalue weighted by Crippen LogP contribution is 2.30. The molecule has 0 N–H and O–H groups in total. The van der Waals surface area contributed by atoms with Crippen LogP contribution in [0, 0.1) is 11.8 Å². The van der Waals surface area contributed by atoms with Gasteiger partial charge in [-0.3, -0.25) is 9.59 Å². The van der Waals surface area contributed by atoms with Crippen LogP contribution in [0.15, 0.2) is 54.6 Å². The zero-order valence-corrected chi connectivity index (χ0v) is 21.4. The number of unbranched alkanes of at least 4 members (excludes halogenated alkanes) is 3. The van der Waals surface area contributed by atoms with Crippen LogP contribution in [0.25, 0.3) is 0 Å². The van der Waals surface area contributed by atoms with Crippen molar-refractivity contribution in [2.45, 2.75) is 58.3 Å². The molecule has 6 heteroatoms. The van der Waals surface area contributed by atoms with Crippen LogP contribution in [0.2, 0.25) is 0 Å². The molecule has 4 rings (SSSR count). The number of ether oxygens (including phenoxy) is 1. The van der Waals surface area contributed by atoms with Gasteiger partial charge in [0.25, 0.3) is 0 Å². The van der Waals surface area contributed by atoms with Crippen molar-refractivity contribution in [2.75, 3.05) is 31.1 Å². The van der Waals surface area contributed by atoms with Crippen molar-refractivity contribution in [1.29, 1.82) is 0 Å². The zero-order valence-electron chi connectivity index (χ0n) is 21.4. The molecule has 36 heavy (non-hydrogen) atoms. The van der Waals surface area contributed by atoms with Crippen LogP contribution in [0.1, 0.15) is 67.8 Å². The number of benzene rings is 2. The van der Waals surface area contributed by atoms with Gasteiger partial charge in [-0.2, -0.15) is 0 Å². The maximum Gasteiger partial charge on any atom is 0.340 e. The second kappa shape index (κ2) is 12.8. The highest BCUT2D eigenvalue weighted by molar-refractivity contribution is 6.22. The Balaban J connectivity index is 1.20. The van der Waals surface area contributed by atoms with E-state index in [0.29, 0.717) is 18.2 Å². The quantitative estimate of drug-likeness (QED) is 0.244. The Kier molecular flexibility index (Phi) is 9.29. The van der Waals surface area contributed by atoms with Crippen molar-refractivity contribution in [3.05, 3.63) is 65.7 Å². The summed E-state index contributed by atoms with van der Waals surface area (Å²) in [5.41, 5.74) is 2.03. The molecule has 0 unspecified atom stereocenters. The van der Waals surface area contributed by atoms with Crippen LogP contribution < -0.4 is 4.90 Å². The maximum atomic E-state index is 12.9. The summed E-state index contributed by atoms with van der Waals surface area (Å²) in [7, 11) is 0. The number of esters is 1. The first-order valence-electron chi connectivity index (χ1n) is 13.4. The van der Waals surface area contributed by atoms with E-state index in [2.05, 4.69) is 35.2 Å². The Morgan fingerprint density at radius 3 is 2.50 bits per heavy atom. The van der Waals surface area contributed by atoms with Gasteiger partial charge in [-0.15, -0.1) is 0 Å². The molecule has 192 valence electrons. The number of amides is 2. The smallest absolute Gasteiger partial charge is 0.340 e. The predicted octanol–water partition coefficient (Wildman–Crippen LogP) is 5.26. The van der Waals surface area contributed by atoms with E-state index in [9.17, 15) is 14.4 Å². The van der Waals surface area contributed by atoms with Gasteiger partial charge in [0.05, 0.1) is 17.9 Å². The lowest BCUT2D eigenvalue weighted by Crippen LogP contribution is -2.38. The van der Waals surface area contributed by atoms with E-state index in [-0.39, 0.29) is 29.7 Å². The van der Waals surface area contributed by atoms with Crippen molar-refractivity contribution in [1.82, 2.24) is 4.90 Å². The van der Waals surface area contributed by atoms with Gasteiger partial charge >= 0.3 is 5.97 Å². The zero-order chi connectivity index (χ0) is 25.3. The van der Waals surface area contributed by atoms with Gasteiger partial charge in [0.1, 0.15) is 0 Å². The van der Waals surface area contributed by atoms with Crippen LogP contribution in [0.4, 0.5) is 5.69 Å². The van der Waals surface area contributed by atoms with Gasteiger partial charge < -0.3 is 9.64 Å². The van der Waals surface area contributed by atoms with Crippen LogP contribution in [0.3, 0.4) is 0 Å². The molecule has 0 spiro atoms. The number of para-hydroxylation sites is 1. The van der Waals surface area contributed by atoms with E-state index < -0.39 is 5.97 Å². The number of carbonyl (C=O) groups excluding carboxylic acids is 3. The summed E-state index contributed by atoms with van der Waals surface area (Å²) in [5, 5.41) is 0. The normalized spacial score (nSPS) is 20.6. The monoisotopic (exact) mass is 490 g/mol. The first-order valence-corrected chi connectivity index (χ1v) is 13.4. The van der Waals surface area contributed by atoms with E-state index in [1.807, 2.05) is 0 Å². The topological polar surface area (TPSA) is 66.9 Å². The Morgan fingerprint density at radius 2 is 1.72 bits per heavy atom. The molecule has 2 heterocycles. The van der Waals surface area contributed by atoms with Crippen LogP contribution in [-0.2, 0) is 20.7 Å². The Hall–Kier alpha value is -2.99. The minimum absolute atomic E-state index is 0.174. The van der Waals surface area contributed by atoms with E-state index in [1.54, 1.807) is 31.2 Å². The average molecular weight is 491 g/mol. The minimum Gasteiger partial charge on any atom is -0.462 e. The molecule has 2 fully saturated rings. The second-order valence-corrected chi connectivity index (χ2v) is 10.2. The Labute approximate surface area is 214 Å². The molecular formula is C30H38N2O4. The number of nitrogens with zero attached hydrogens (tertiary/aromatic N) is 2. The van der Waals surface area contributed by atoms with Crippen LogP contribution in [0.5, 0.6) is 0 Å². The van der Waals surface area contributed by atoms with Crippen molar-refractivity contribution >= 4 is 23.5 Å². The summed E-state index contributed by atoms with van der Waals surface area (Å²) in [6.07, 6.45) is 8.41. The number of imide groups is 1. The molecule has 2 aromatic rings. The largest absolute Gasteiger partial charge is 0.462 e. The summed E-state index contributed by atoms with van der Waals surface area (Å²) in [5.74, 6) is -1.05. The third-order valence-electron chi connectivity index (χ3n) is 7.32. The standard InChI is InChI=1S/C30H38N2O4/c1-23-20-28(33)32(29(23)34)27-17-9-8-16-26(27)30(35)36-22-25-15-11-19-31(21-25)18-10-3-2-5-12-24-13-6-4-7-14-24/h4,6-9,13-14,16-17,23,25H,2-3,5,10-12,15,18-22H2,1H3/t23-,25-/m0/s1. The predicted molar refractivity (Wildman–Crippen MR) is 141 cm³/mol. The molecule has 0 saturated carbocycles. The molecule has 6 nitrogen and oxygen atoms in total. The molecule has 2 amide bonds. The molecule has 2 aromatic carbocycles. The van der Waals surface area contributed by atoms with Gasteiger partial charge in [0.15, 0.2) is 0 Å². The van der Waals surface area contributed by atoms with Crippen molar-refractivity contribution in [3.8, 4) is 0 Å². The number of rotatable bonds is 11. The molecular weight excluding hydrogens is 452 g/mol. The number of hydrogen-bond donors (Lipinski definition) is 0. The fourth-order valence-electron chi connectivity index (χ4n) is 5.30. The highest BCUT2D eigenvalue weighted by Gasteiger charge is 2.38. The summed E-state index contributed by atoms with van der Waals surface area (Å²) in [4.78, 5) is 41.4. The van der Waals surface area contributed by atoms with E-state index in [0.717, 1.165) is 43.8 Å². The Morgan fingerprint density at radius 1 is 0.972 bits per heavy atom. The molecule has 2 aliphatic heterocycles. The number of anilines is 1. The van der Waals surface area contributed by atoms with Gasteiger partial charge in [-0.25, -0.2) is 9.69 Å². The molecule has 2 saturated heterocycles. The number of carbonyl (C=O) groups is 3. The third kappa shape index (κ3) is 6.82. The lowest BCUT2D eigenvalue weighted by molar-refractivity contribution is -0.122. The number of hydrogen-bond acceptors (Lipinski definition) is 5. The lowest BCUT2D eigenvalue weighted by Gasteiger charge is -2.32. The fourth-order valence-corrected chi connectivity index (χ4v) is 5.30. The van der Waals surface area contributed by atoms with Gasteiger partial charge in [0.2, 0.25) is 11.8 Å². The second-order valence-electron chi connectivity index (χ2n) is 10.2. The van der Waals surface area contributed by atoms with E-state index in [4.69, 9.17) is 4.74 Å². The number of likely N-dealkylation sites (tertiary alicyclic amines) is 1. The molecule has 0 aliphatic carbocycles. The van der Waals surface area contributed by atoms with Gasteiger partial charge in [-0.1, -0.05) is 62.2 Å². The summed E-state index contributed by atoms with van der Waals surface area (Å²) in [6, 6.07) is 17.4. The van der Waals surface area contributed by atoms with Crippen molar-refractivity contribution < 1.29 is 19.1 Å². The van der Waals surface area contributed by atoms with Crippen LogP contribution in [-0.4, -0.2) is 48.9 Å². The van der Waals surface area contributed by atoms with E-state index >= 15 is 0 Å². The van der Waals surface area contributed by atoms with Crippen molar-refractivity contribution in [2.24, 2.45) is 11.8 Å². The maximum absolute atomic E-state index is 12.9. The first-order chi connectivity index (χ1) is 17.5. The van der Waals surface area contributed by atoms with E-state index in [1.165, 1.54) is 31.2 Å². The summed E-state index contributed by atoms with van der Waals surface area (Å²) < 4.78 is 5.70. The van der Waals surface area contributed by atoms with Crippen molar-refractivity contribution in [3.63, 3.8) is 0 Å². The minimum atomic E-state index is -0.471. The Bertz CT molecular complexity index is 1040. The summed E-state index contributed by atoms with van der Waals surface area (Å²) in [6.45, 7) is 5.24. The number of aryl methyl sites for hydroxylation is 1. The molecule has 2 atom stereocenters. The van der Waals surface area contributed by atoms with Gasteiger partial charge in [-0.05, 0) is 62.9 Å². The van der Waals surface area contributed by atoms with Gasteiger partial charge in [0, 0.05) is 24.8 Å².